The molecule has 2 aromatic carbocycles. The quantitative estimate of drug-likeness (QED) is 0.654. The highest BCUT2D eigenvalue weighted by Gasteiger charge is 2.15. The third-order valence-electron chi connectivity index (χ3n) is 3.91. The Balaban J connectivity index is 1.72. The van der Waals surface area contributed by atoms with Crippen molar-refractivity contribution in [1.82, 2.24) is 4.98 Å². The second-order valence-corrected chi connectivity index (χ2v) is 5.76. The lowest BCUT2D eigenvalue weighted by atomic mass is 10.1. The Labute approximate surface area is 157 Å². The number of rotatable bonds is 6. The number of esters is 1. The summed E-state index contributed by atoms with van der Waals surface area (Å²) in [6, 6.07) is 20.1. The van der Waals surface area contributed by atoms with Gasteiger partial charge in [-0.25, -0.2) is 4.79 Å². The van der Waals surface area contributed by atoms with Gasteiger partial charge < -0.3 is 15.4 Å². The van der Waals surface area contributed by atoms with Gasteiger partial charge in [-0.1, -0.05) is 42.5 Å². The molecule has 1 heterocycles. The van der Waals surface area contributed by atoms with Gasteiger partial charge in [-0.05, 0) is 29.8 Å². The second-order valence-electron chi connectivity index (χ2n) is 5.76. The number of hydrogen-bond acceptors (Lipinski definition) is 5. The van der Waals surface area contributed by atoms with E-state index in [1.165, 1.54) is 7.11 Å². The second kappa shape index (κ2) is 8.62. The fraction of sp³-hybridized carbons (Fsp3) is 0.0952. The van der Waals surface area contributed by atoms with Gasteiger partial charge in [0.2, 0.25) is 0 Å². The number of nitrogens with zero attached hydrogens (tertiary/aromatic N) is 1. The topological polar surface area (TPSA) is 80.3 Å². The minimum absolute atomic E-state index is 0.243. The number of pyridine rings is 1. The standard InChI is InChI=1S/C21H19N3O3/c1-27-21(26)17-9-5-6-10-18(17)24-20(25)19-13-16(11-12-22-19)23-14-15-7-3-2-4-8-15/h2-13H,14H2,1H3,(H,22,23)(H,24,25). The highest BCUT2D eigenvalue weighted by atomic mass is 16.5. The highest BCUT2D eigenvalue weighted by Crippen LogP contribution is 2.18. The van der Waals surface area contributed by atoms with Crippen molar-refractivity contribution in [3.05, 3.63) is 89.7 Å². The number of carbonyl (C=O) groups excluding carboxylic acids is 2. The Morgan fingerprint density at radius 1 is 1.00 bits per heavy atom. The van der Waals surface area contributed by atoms with Crippen molar-refractivity contribution in [2.45, 2.75) is 6.54 Å². The van der Waals surface area contributed by atoms with Gasteiger partial charge in [-0.2, -0.15) is 0 Å². The highest BCUT2D eigenvalue weighted by molar-refractivity contribution is 6.07. The van der Waals surface area contributed by atoms with E-state index in [0.29, 0.717) is 12.2 Å². The summed E-state index contributed by atoms with van der Waals surface area (Å²) in [5, 5.41) is 5.98. The molecule has 0 radical (unpaired) electrons. The van der Waals surface area contributed by atoms with Crippen molar-refractivity contribution in [1.29, 1.82) is 0 Å². The van der Waals surface area contributed by atoms with Crippen molar-refractivity contribution in [2.75, 3.05) is 17.7 Å². The summed E-state index contributed by atoms with van der Waals surface area (Å²) in [7, 11) is 1.30. The molecule has 0 saturated heterocycles. The van der Waals surface area contributed by atoms with Gasteiger partial charge in [-0.15, -0.1) is 0 Å². The molecule has 6 nitrogen and oxygen atoms in total. The van der Waals surface area contributed by atoms with Crippen LogP contribution < -0.4 is 10.6 Å². The molecular formula is C21H19N3O3. The van der Waals surface area contributed by atoms with E-state index in [-0.39, 0.29) is 11.3 Å². The van der Waals surface area contributed by atoms with E-state index in [4.69, 9.17) is 4.74 Å². The van der Waals surface area contributed by atoms with Crippen LogP contribution in [0.25, 0.3) is 0 Å². The number of nitrogens with one attached hydrogen (secondary N) is 2. The van der Waals surface area contributed by atoms with Gasteiger partial charge in [0, 0.05) is 18.4 Å². The van der Waals surface area contributed by atoms with Crippen LogP contribution in [0.5, 0.6) is 0 Å². The zero-order valence-corrected chi connectivity index (χ0v) is 14.8. The number of anilines is 2. The molecule has 0 bridgehead atoms. The molecule has 0 fully saturated rings. The fourth-order valence-electron chi connectivity index (χ4n) is 2.53. The SMILES string of the molecule is COC(=O)c1ccccc1NC(=O)c1cc(NCc2ccccc2)ccn1. The Bertz CT molecular complexity index is 942. The first-order chi connectivity index (χ1) is 13.2. The molecule has 3 rings (SSSR count). The van der Waals surface area contributed by atoms with Crippen molar-refractivity contribution in [3.8, 4) is 0 Å². The average molecular weight is 361 g/mol. The van der Waals surface area contributed by atoms with Gasteiger partial charge in [0.15, 0.2) is 0 Å². The van der Waals surface area contributed by atoms with Gasteiger partial charge in [0.25, 0.3) is 5.91 Å². The monoisotopic (exact) mass is 361 g/mol. The van der Waals surface area contributed by atoms with Crippen LogP contribution in [0.1, 0.15) is 26.4 Å². The summed E-state index contributed by atoms with van der Waals surface area (Å²) >= 11 is 0. The number of ether oxygens (including phenoxy) is 1. The van der Waals surface area contributed by atoms with Crippen molar-refractivity contribution >= 4 is 23.3 Å². The predicted molar refractivity (Wildman–Crippen MR) is 104 cm³/mol. The van der Waals surface area contributed by atoms with E-state index < -0.39 is 11.9 Å². The average Bonchev–Trinajstić information content (AvgIpc) is 2.73. The molecule has 0 saturated carbocycles. The Morgan fingerprint density at radius 3 is 2.52 bits per heavy atom. The lowest BCUT2D eigenvalue weighted by molar-refractivity contribution is 0.0602. The number of hydrogen-bond donors (Lipinski definition) is 2. The summed E-state index contributed by atoms with van der Waals surface area (Å²) < 4.78 is 4.74. The minimum atomic E-state index is -0.517. The van der Waals surface area contributed by atoms with Crippen LogP contribution in [0, 0.1) is 0 Å². The van der Waals surface area contributed by atoms with Gasteiger partial charge in [0.1, 0.15) is 5.69 Å². The minimum Gasteiger partial charge on any atom is -0.465 e. The first-order valence-electron chi connectivity index (χ1n) is 8.40. The smallest absolute Gasteiger partial charge is 0.339 e. The molecule has 1 aromatic heterocycles. The summed E-state index contributed by atoms with van der Waals surface area (Å²) in [5.41, 5.74) is 2.81. The Morgan fingerprint density at radius 2 is 1.74 bits per heavy atom. The van der Waals surface area contributed by atoms with Crippen LogP contribution >= 0.6 is 0 Å². The van der Waals surface area contributed by atoms with E-state index in [0.717, 1.165) is 11.3 Å². The van der Waals surface area contributed by atoms with E-state index in [9.17, 15) is 9.59 Å². The van der Waals surface area contributed by atoms with Crippen LogP contribution in [-0.2, 0) is 11.3 Å². The maximum atomic E-state index is 12.6. The molecule has 2 N–H and O–H groups in total. The largest absolute Gasteiger partial charge is 0.465 e. The molecule has 0 spiro atoms. The number of benzene rings is 2. The van der Waals surface area contributed by atoms with E-state index in [1.807, 2.05) is 30.3 Å². The van der Waals surface area contributed by atoms with Crippen LogP contribution in [0.15, 0.2) is 72.9 Å². The van der Waals surface area contributed by atoms with Crippen molar-refractivity contribution in [3.63, 3.8) is 0 Å². The van der Waals surface area contributed by atoms with Crippen LogP contribution in [-0.4, -0.2) is 24.0 Å². The zero-order valence-electron chi connectivity index (χ0n) is 14.8. The van der Waals surface area contributed by atoms with E-state index in [1.54, 1.807) is 42.6 Å². The van der Waals surface area contributed by atoms with Crippen LogP contribution in [0.3, 0.4) is 0 Å². The lowest BCUT2D eigenvalue weighted by Gasteiger charge is -2.10. The molecule has 136 valence electrons. The molecule has 0 aliphatic heterocycles. The zero-order chi connectivity index (χ0) is 19.1. The van der Waals surface area contributed by atoms with Crippen LogP contribution in [0.4, 0.5) is 11.4 Å². The third kappa shape index (κ3) is 4.70. The normalized spacial score (nSPS) is 10.1. The predicted octanol–water partition coefficient (Wildman–Crippen LogP) is 3.73. The number of carbonyl (C=O) groups is 2. The fourth-order valence-corrected chi connectivity index (χ4v) is 2.53. The van der Waals surface area contributed by atoms with Gasteiger partial charge >= 0.3 is 5.97 Å². The van der Waals surface area contributed by atoms with Crippen molar-refractivity contribution < 1.29 is 14.3 Å². The lowest BCUT2D eigenvalue weighted by Crippen LogP contribution is -2.16. The molecule has 0 atom stereocenters. The summed E-state index contributed by atoms with van der Waals surface area (Å²) in [6.07, 6.45) is 1.56. The summed E-state index contributed by atoms with van der Waals surface area (Å²) in [4.78, 5) is 28.5. The number of methoxy groups -OCH3 is 1. The first-order valence-corrected chi connectivity index (χ1v) is 8.40. The van der Waals surface area contributed by atoms with Crippen LogP contribution in [0.2, 0.25) is 0 Å². The number of para-hydroxylation sites is 1. The molecule has 0 aliphatic rings. The third-order valence-corrected chi connectivity index (χ3v) is 3.91. The maximum Gasteiger partial charge on any atom is 0.339 e. The molecule has 1 amide bonds. The number of aromatic nitrogens is 1. The molecule has 6 heteroatoms. The first kappa shape index (κ1) is 18.1. The Kier molecular flexibility index (Phi) is 5.79. The molecule has 0 aliphatic carbocycles. The van der Waals surface area contributed by atoms with Crippen molar-refractivity contribution in [2.24, 2.45) is 0 Å². The molecule has 27 heavy (non-hydrogen) atoms. The molecule has 0 unspecified atom stereocenters. The van der Waals surface area contributed by atoms with E-state index in [2.05, 4.69) is 15.6 Å². The Hall–Kier alpha value is -3.67. The number of amides is 1. The summed E-state index contributed by atoms with van der Waals surface area (Å²) in [5.74, 6) is -0.924. The van der Waals surface area contributed by atoms with Gasteiger partial charge in [-0.3, -0.25) is 9.78 Å². The van der Waals surface area contributed by atoms with Gasteiger partial charge in [0.05, 0.1) is 18.4 Å². The molecular weight excluding hydrogens is 342 g/mol. The summed E-state index contributed by atoms with van der Waals surface area (Å²) in [6.45, 7) is 0.636. The van der Waals surface area contributed by atoms with E-state index >= 15 is 0 Å². The maximum absolute atomic E-state index is 12.6. The molecule has 3 aromatic rings.